The molecule has 0 amide bonds. The van der Waals surface area contributed by atoms with Gasteiger partial charge in [0.2, 0.25) is 8.07 Å². The molecule has 1 atom stereocenters. The summed E-state index contributed by atoms with van der Waals surface area (Å²) in [5.74, 6) is 19.7. The number of hydrogen-bond acceptors (Lipinski definition) is 3. The van der Waals surface area contributed by atoms with Gasteiger partial charge in [-0.05, 0) is 70.3 Å². The molecule has 30 heavy (non-hydrogen) atoms. The van der Waals surface area contributed by atoms with Crippen molar-refractivity contribution >= 4 is 47.4 Å². The van der Waals surface area contributed by atoms with E-state index in [1.807, 2.05) is 0 Å². The number of rotatable bonds is 8. The molecule has 1 unspecified atom stereocenters. The lowest BCUT2D eigenvalue weighted by molar-refractivity contribution is 0.112. The smallest absolute Gasteiger partial charge is 0.203 e. The molecule has 0 N–H and O–H groups in total. The highest BCUT2D eigenvalue weighted by atomic mass is 32.1. The van der Waals surface area contributed by atoms with Crippen molar-refractivity contribution in [2.45, 2.75) is 58.4 Å². The maximum atomic E-state index is 11.5. The molecule has 1 aliphatic heterocycles. The van der Waals surface area contributed by atoms with Crippen molar-refractivity contribution in [3.05, 3.63) is 22.4 Å². The highest BCUT2D eigenvalue weighted by molar-refractivity contribution is 7.30. The van der Waals surface area contributed by atoms with Crippen molar-refractivity contribution in [3.8, 4) is 56.7 Å². The van der Waals surface area contributed by atoms with Crippen LogP contribution in [-0.2, 0) is 0 Å². The van der Waals surface area contributed by atoms with E-state index in [0.717, 1.165) is 17.2 Å². The summed E-state index contributed by atoms with van der Waals surface area (Å²) in [7, 11) is -2.24. The Balaban J connectivity index is 1.93. The number of carbonyl (C=O) groups excluding carboxylic acids is 1. The third kappa shape index (κ3) is 4.81. The molecule has 1 aliphatic rings. The molecule has 0 spiro atoms. The number of fused-ring (bicyclic) bond motifs is 3. The highest BCUT2D eigenvalue weighted by Crippen LogP contribution is 2.39. The summed E-state index contributed by atoms with van der Waals surface area (Å²) in [6.45, 7) is 4.00. The molecule has 4 heteroatoms. The molecular formula is C26H24OS2Si. The molecule has 3 heterocycles. The molecule has 0 aliphatic carbocycles. The van der Waals surface area contributed by atoms with Crippen LogP contribution in [-0.4, -0.2) is 14.4 Å². The Kier molecular flexibility index (Phi) is 8.19. The van der Waals surface area contributed by atoms with E-state index in [9.17, 15) is 4.79 Å². The second-order valence-electron chi connectivity index (χ2n) is 7.22. The monoisotopic (exact) mass is 444 g/mol. The lowest BCUT2D eigenvalue weighted by Gasteiger charge is -2.21. The standard InChI is InChI=1S/C26H24OS2Si/c1-3-5-7-9-11-13-15-19-30(18-14-12-10-8-6-4-2)23-16-17-28-25(23)26-24(30)20-22(21-27)29-26/h16-17,20-21H,4,6,8,10,12,14,18H2,1-2H3. The summed E-state index contributed by atoms with van der Waals surface area (Å²) in [4.78, 5) is 14.9. The van der Waals surface area contributed by atoms with Gasteiger partial charge in [-0.25, -0.2) is 0 Å². The molecule has 0 saturated carbocycles. The molecule has 0 fully saturated rings. The van der Waals surface area contributed by atoms with Crippen LogP contribution in [0.3, 0.4) is 0 Å². The van der Waals surface area contributed by atoms with E-state index in [2.05, 4.69) is 71.4 Å². The van der Waals surface area contributed by atoms with Crippen molar-refractivity contribution < 1.29 is 4.79 Å². The maximum absolute atomic E-state index is 11.5. The summed E-state index contributed by atoms with van der Waals surface area (Å²) in [6.07, 6.45) is 8.55. The maximum Gasteiger partial charge on any atom is 0.203 e. The quantitative estimate of drug-likeness (QED) is 0.240. The first-order valence-corrected chi connectivity index (χ1v) is 14.3. The molecular weight excluding hydrogens is 421 g/mol. The second kappa shape index (κ2) is 11.1. The van der Waals surface area contributed by atoms with Crippen molar-refractivity contribution in [2.24, 2.45) is 0 Å². The SMILES string of the molecule is CC#CC#CC#CC#C[Si]1(CCCCCCCC)c2ccsc2-c2sc(C=O)cc21. The van der Waals surface area contributed by atoms with Crippen LogP contribution >= 0.6 is 22.7 Å². The first-order chi connectivity index (χ1) is 14.8. The Morgan fingerprint density at radius 1 is 0.933 bits per heavy atom. The zero-order chi connectivity index (χ0) is 21.2. The Morgan fingerprint density at radius 2 is 1.67 bits per heavy atom. The van der Waals surface area contributed by atoms with Gasteiger partial charge in [-0.3, -0.25) is 4.79 Å². The summed E-state index contributed by atoms with van der Waals surface area (Å²) in [5, 5.41) is 4.90. The van der Waals surface area contributed by atoms with Crippen LogP contribution in [0.4, 0.5) is 0 Å². The minimum Gasteiger partial charge on any atom is -0.297 e. The van der Waals surface area contributed by atoms with E-state index >= 15 is 0 Å². The fourth-order valence-corrected chi connectivity index (χ4v) is 11.6. The van der Waals surface area contributed by atoms with Crippen LogP contribution < -0.4 is 10.4 Å². The molecule has 2 aromatic rings. The van der Waals surface area contributed by atoms with Gasteiger partial charge >= 0.3 is 0 Å². The van der Waals surface area contributed by atoms with E-state index in [1.165, 1.54) is 58.7 Å². The number of thiophene rings is 2. The Morgan fingerprint density at radius 3 is 2.43 bits per heavy atom. The third-order valence-corrected chi connectivity index (χ3v) is 12.1. The summed E-state index contributed by atoms with van der Waals surface area (Å²) < 4.78 is 0. The summed E-state index contributed by atoms with van der Waals surface area (Å²) >= 11 is 3.38. The number of hydrogen-bond donors (Lipinski definition) is 0. The Bertz CT molecular complexity index is 1150. The minimum absolute atomic E-state index is 0.802. The predicted molar refractivity (Wildman–Crippen MR) is 133 cm³/mol. The van der Waals surface area contributed by atoms with Gasteiger partial charge in [-0.1, -0.05) is 57.4 Å². The molecule has 1 nitrogen and oxygen atoms in total. The van der Waals surface area contributed by atoms with Gasteiger partial charge in [0, 0.05) is 9.75 Å². The van der Waals surface area contributed by atoms with Crippen molar-refractivity contribution in [1.82, 2.24) is 0 Å². The van der Waals surface area contributed by atoms with Gasteiger partial charge in [-0.15, -0.1) is 28.2 Å². The van der Waals surface area contributed by atoms with E-state index in [1.54, 1.807) is 29.6 Å². The van der Waals surface area contributed by atoms with E-state index in [-0.39, 0.29) is 0 Å². The Labute approximate surface area is 189 Å². The topological polar surface area (TPSA) is 17.1 Å². The minimum atomic E-state index is -2.24. The third-order valence-electron chi connectivity index (χ3n) is 5.28. The van der Waals surface area contributed by atoms with Gasteiger partial charge in [0.25, 0.3) is 0 Å². The highest BCUT2D eigenvalue weighted by Gasteiger charge is 2.46. The molecule has 0 saturated heterocycles. The first-order valence-electron chi connectivity index (χ1n) is 10.4. The van der Waals surface area contributed by atoms with Crippen LogP contribution in [0.25, 0.3) is 9.75 Å². The molecule has 0 radical (unpaired) electrons. The molecule has 0 bridgehead atoms. The average Bonchev–Trinajstić information content (AvgIpc) is 3.45. The first kappa shape index (κ1) is 22.2. The zero-order valence-corrected chi connectivity index (χ0v) is 20.1. The summed E-state index contributed by atoms with van der Waals surface area (Å²) in [5.41, 5.74) is 3.63. The van der Waals surface area contributed by atoms with Crippen LogP contribution in [0.2, 0.25) is 6.04 Å². The molecule has 3 rings (SSSR count). The van der Waals surface area contributed by atoms with E-state index in [0.29, 0.717) is 0 Å². The van der Waals surface area contributed by atoms with Crippen molar-refractivity contribution in [3.63, 3.8) is 0 Å². The van der Waals surface area contributed by atoms with Gasteiger partial charge in [0.1, 0.15) is 0 Å². The number of carbonyl (C=O) groups is 1. The lowest BCUT2D eigenvalue weighted by atomic mass is 10.1. The fraction of sp³-hybridized carbons (Fsp3) is 0.346. The lowest BCUT2D eigenvalue weighted by Crippen LogP contribution is -2.53. The van der Waals surface area contributed by atoms with Gasteiger partial charge < -0.3 is 0 Å². The predicted octanol–water partition coefficient (Wildman–Crippen LogP) is 5.10. The van der Waals surface area contributed by atoms with Gasteiger partial charge in [-0.2, -0.15) is 0 Å². The van der Waals surface area contributed by atoms with E-state index < -0.39 is 8.07 Å². The van der Waals surface area contributed by atoms with Crippen LogP contribution in [0, 0.1) is 47.0 Å². The molecule has 2 aromatic heterocycles. The number of aldehydes is 1. The normalized spacial score (nSPS) is 15.1. The van der Waals surface area contributed by atoms with E-state index in [4.69, 9.17) is 0 Å². The summed E-state index contributed by atoms with van der Waals surface area (Å²) in [6, 6.07) is 5.45. The van der Waals surface area contributed by atoms with Gasteiger partial charge in [0.15, 0.2) is 6.29 Å². The van der Waals surface area contributed by atoms with Crippen molar-refractivity contribution in [2.75, 3.05) is 0 Å². The Hall–Kier alpha value is -2.47. The zero-order valence-electron chi connectivity index (χ0n) is 17.5. The second-order valence-corrected chi connectivity index (χ2v) is 12.9. The van der Waals surface area contributed by atoms with Crippen molar-refractivity contribution in [1.29, 1.82) is 0 Å². The average molecular weight is 445 g/mol. The van der Waals surface area contributed by atoms with Gasteiger partial charge in [0.05, 0.1) is 4.88 Å². The molecule has 0 aromatic carbocycles. The molecule has 150 valence electrons. The largest absolute Gasteiger partial charge is 0.297 e. The van der Waals surface area contributed by atoms with Crippen LogP contribution in [0.1, 0.15) is 62.0 Å². The number of unbranched alkanes of at least 4 members (excludes halogenated alkanes) is 5. The van der Waals surface area contributed by atoms with Crippen LogP contribution in [0.15, 0.2) is 17.5 Å². The van der Waals surface area contributed by atoms with Crippen LogP contribution in [0.5, 0.6) is 0 Å². The fourth-order valence-electron chi connectivity index (χ4n) is 3.88.